The Bertz CT molecular complexity index is 1110. The van der Waals surface area contributed by atoms with Crippen molar-refractivity contribution in [3.63, 3.8) is 0 Å². The van der Waals surface area contributed by atoms with Crippen LogP contribution in [0.3, 0.4) is 0 Å². The van der Waals surface area contributed by atoms with Crippen LogP contribution in [-0.2, 0) is 22.6 Å². The van der Waals surface area contributed by atoms with Crippen molar-refractivity contribution in [3.05, 3.63) is 81.8 Å². The van der Waals surface area contributed by atoms with Crippen molar-refractivity contribution >= 4 is 45.8 Å². The summed E-state index contributed by atoms with van der Waals surface area (Å²) >= 11 is 12.2. The molecule has 3 aromatic carbocycles. The van der Waals surface area contributed by atoms with Crippen LogP contribution in [0.5, 0.6) is 0 Å². The number of benzene rings is 3. The van der Waals surface area contributed by atoms with Crippen molar-refractivity contribution in [3.8, 4) is 0 Å². The van der Waals surface area contributed by atoms with E-state index in [1.165, 1.54) is 0 Å². The molecule has 0 saturated carbocycles. The molecule has 0 radical (unpaired) electrons. The van der Waals surface area contributed by atoms with Crippen LogP contribution >= 0.6 is 23.2 Å². The Kier molecular flexibility index (Phi) is 9.16. The van der Waals surface area contributed by atoms with Gasteiger partial charge in [0.05, 0.1) is 10.0 Å². The topological polar surface area (TPSA) is 49.4 Å². The van der Waals surface area contributed by atoms with E-state index in [0.29, 0.717) is 29.4 Å². The Balaban J connectivity index is 1.78. The second-order valence-electron chi connectivity index (χ2n) is 8.23. The molecule has 0 bridgehead atoms. The molecule has 0 aliphatic heterocycles. The van der Waals surface area contributed by atoms with Gasteiger partial charge >= 0.3 is 0 Å². The first-order valence-electron chi connectivity index (χ1n) is 11.4. The van der Waals surface area contributed by atoms with Gasteiger partial charge in [-0.05, 0) is 53.8 Å². The largest absolute Gasteiger partial charge is 0.354 e. The molecule has 0 saturated heterocycles. The molecule has 0 heterocycles. The lowest BCUT2D eigenvalue weighted by molar-refractivity contribution is -0.140. The van der Waals surface area contributed by atoms with E-state index in [1.54, 1.807) is 24.0 Å². The third-order valence-corrected chi connectivity index (χ3v) is 6.56. The highest BCUT2D eigenvalue weighted by Gasteiger charge is 2.26. The number of hydrogen-bond donors (Lipinski definition) is 1. The third kappa shape index (κ3) is 6.72. The quantitative estimate of drug-likeness (QED) is 0.337. The SMILES string of the molecule is CCCCNC(=O)C(C)N(Cc1ccc(Cl)c(Cl)c1)C(=O)CCc1cccc2ccccc12. The molecule has 33 heavy (non-hydrogen) atoms. The molecule has 0 spiro atoms. The van der Waals surface area contributed by atoms with E-state index >= 15 is 0 Å². The first-order chi connectivity index (χ1) is 15.9. The van der Waals surface area contributed by atoms with E-state index < -0.39 is 6.04 Å². The van der Waals surface area contributed by atoms with Gasteiger partial charge in [0.1, 0.15) is 6.04 Å². The Morgan fingerprint density at radius 1 is 1.00 bits per heavy atom. The molecule has 3 rings (SSSR count). The maximum atomic E-state index is 13.4. The molecule has 1 atom stereocenters. The predicted molar refractivity (Wildman–Crippen MR) is 137 cm³/mol. The highest BCUT2D eigenvalue weighted by molar-refractivity contribution is 6.42. The summed E-state index contributed by atoms with van der Waals surface area (Å²) in [7, 11) is 0. The van der Waals surface area contributed by atoms with Gasteiger partial charge in [-0.15, -0.1) is 0 Å². The van der Waals surface area contributed by atoms with Crippen LogP contribution in [0.2, 0.25) is 10.0 Å². The second kappa shape index (κ2) is 12.1. The van der Waals surface area contributed by atoms with Crippen molar-refractivity contribution in [2.24, 2.45) is 0 Å². The smallest absolute Gasteiger partial charge is 0.242 e. The third-order valence-electron chi connectivity index (χ3n) is 5.82. The maximum absolute atomic E-state index is 13.4. The number of rotatable bonds is 10. The molecule has 4 nitrogen and oxygen atoms in total. The van der Waals surface area contributed by atoms with Crippen LogP contribution in [0.4, 0.5) is 0 Å². The molecule has 6 heteroatoms. The Morgan fingerprint density at radius 3 is 2.52 bits per heavy atom. The number of carbonyl (C=O) groups excluding carboxylic acids is 2. The Labute approximate surface area is 205 Å². The van der Waals surface area contributed by atoms with Crippen molar-refractivity contribution in [1.29, 1.82) is 0 Å². The molecule has 3 aromatic rings. The fraction of sp³-hybridized carbons (Fsp3) is 0.333. The Morgan fingerprint density at radius 2 is 1.76 bits per heavy atom. The van der Waals surface area contributed by atoms with E-state index in [-0.39, 0.29) is 18.4 Å². The lowest BCUT2D eigenvalue weighted by atomic mass is 10.0. The number of halogens is 2. The van der Waals surface area contributed by atoms with Crippen LogP contribution in [0.25, 0.3) is 10.8 Å². The summed E-state index contributed by atoms with van der Waals surface area (Å²) in [5, 5.41) is 6.13. The first kappa shape index (κ1) is 25.1. The number of fused-ring (bicyclic) bond motifs is 1. The van der Waals surface area contributed by atoms with E-state index in [2.05, 4.69) is 36.5 Å². The van der Waals surface area contributed by atoms with Gasteiger partial charge in [-0.1, -0.05) is 85.1 Å². The number of aryl methyl sites for hydroxylation is 1. The average molecular weight is 485 g/mol. The lowest BCUT2D eigenvalue weighted by Gasteiger charge is -2.29. The summed E-state index contributed by atoms with van der Waals surface area (Å²) in [5.41, 5.74) is 1.95. The number of hydrogen-bond acceptors (Lipinski definition) is 2. The number of amides is 2. The minimum atomic E-state index is -0.601. The number of nitrogens with one attached hydrogen (secondary N) is 1. The monoisotopic (exact) mass is 484 g/mol. The van der Waals surface area contributed by atoms with Gasteiger partial charge in [0.25, 0.3) is 0 Å². The van der Waals surface area contributed by atoms with Gasteiger partial charge in [-0.25, -0.2) is 0 Å². The number of unbranched alkanes of at least 4 members (excludes halogenated alkanes) is 1. The molecule has 0 aromatic heterocycles. The highest BCUT2D eigenvalue weighted by Crippen LogP contribution is 2.25. The molecule has 0 fully saturated rings. The normalized spacial score (nSPS) is 11.9. The van der Waals surface area contributed by atoms with Gasteiger partial charge in [-0.2, -0.15) is 0 Å². The lowest BCUT2D eigenvalue weighted by Crippen LogP contribution is -2.47. The fourth-order valence-electron chi connectivity index (χ4n) is 3.85. The van der Waals surface area contributed by atoms with Crippen LogP contribution in [0.15, 0.2) is 60.7 Å². The van der Waals surface area contributed by atoms with Crippen LogP contribution in [0, 0.1) is 0 Å². The molecule has 1 unspecified atom stereocenters. The van der Waals surface area contributed by atoms with E-state index in [9.17, 15) is 9.59 Å². The highest BCUT2D eigenvalue weighted by atomic mass is 35.5. The van der Waals surface area contributed by atoms with Gasteiger partial charge < -0.3 is 10.2 Å². The fourth-order valence-corrected chi connectivity index (χ4v) is 4.17. The van der Waals surface area contributed by atoms with Gasteiger partial charge in [0.15, 0.2) is 0 Å². The van der Waals surface area contributed by atoms with Crippen molar-refractivity contribution < 1.29 is 9.59 Å². The number of carbonyl (C=O) groups is 2. The second-order valence-corrected chi connectivity index (χ2v) is 9.04. The van der Waals surface area contributed by atoms with E-state index in [1.807, 2.05) is 24.3 Å². The molecule has 174 valence electrons. The Hall–Kier alpha value is -2.56. The summed E-state index contributed by atoms with van der Waals surface area (Å²) in [5.74, 6) is -0.228. The zero-order valence-corrected chi connectivity index (χ0v) is 20.6. The van der Waals surface area contributed by atoms with Gasteiger partial charge in [-0.3, -0.25) is 9.59 Å². The van der Waals surface area contributed by atoms with E-state index in [4.69, 9.17) is 23.2 Å². The molecular formula is C27H30Cl2N2O2. The standard InChI is InChI=1S/C27H30Cl2N2O2/c1-3-4-16-30-27(33)19(2)31(18-20-12-14-24(28)25(29)17-20)26(32)15-13-22-10-7-9-21-8-5-6-11-23(21)22/h5-12,14,17,19H,3-4,13,15-16,18H2,1-2H3,(H,30,33). The molecule has 1 N–H and O–H groups in total. The number of nitrogens with zero attached hydrogens (tertiary/aromatic N) is 1. The van der Waals surface area contributed by atoms with Crippen LogP contribution in [0.1, 0.15) is 44.2 Å². The summed E-state index contributed by atoms with van der Waals surface area (Å²) in [6.07, 6.45) is 2.80. The minimum Gasteiger partial charge on any atom is -0.354 e. The maximum Gasteiger partial charge on any atom is 0.242 e. The molecule has 0 aliphatic rings. The van der Waals surface area contributed by atoms with Crippen molar-refractivity contribution in [2.75, 3.05) is 6.54 Å². The molecule has 2 amide bonds. The summed E-state index contributed by atoms with van der Waals surface area (Å²) in [6.45, 7) is 4.73. The minimum absolute atomic E-state index is 0.0767. The van der Waals surface area contributed by atoms with Gasteiger partial charge in [0.2, 0.25) is 11.8 Å². The summed E-state index contributed by atoms with van der Waals surface area (Å²) in [6, 6.07) is 19.0. The zero-order valence-electron chi connectivity index (χ0n) is 19.1. The van der Waals surface area contributed by atoms with Crippen LogP contribution < -0.4 is 5.32 Å². The summed E-state index contributed by atoms with van der Waals surface area (Å²) < 4.78 is 0. The molecular weight excluding hydrogens is 455 g/mol. The van der Waals surface area contributed by atoms with E-state index in [0.717, 1.165) is 34.7 Å². The molecule has 0 aliphatic carbocycles. The van der Waals surface area contributed by atoms with Crippen molar-refractivity contribution in [1.82, 2.24) is 10.2 Å². The zero-order chi connectivity index (χ0) is 23.8. The van der Waals surface area contributed by atoms with Gasteiger partial charge in [0, 0.05) is 19.5 Å². The van der Waals surface area contributed by atoms with Crippen LogP contribution in [-0.4, -0.2) is 29.3 Å². The predicted octanol–water partition coefficient (Wildman–Crippen LogP) is 6.41. The summed E-state index contributed by atoms with van der Waals surface area (Å²) in [4.78, 5) is 27.8. The average Bonchev–Trinajstić information content (AvgIpc) is 2.82. The van der Waals surface area contributed by atoms with Crippen molar-refractivity contribution in [2.45, 2.75) is 52.1 Å². The first-order valence-corrected chi connectivity index (χ1v) is 12.1.